The number of nitrogens with zero attached hydrogens (tertiary/aromatic N) is 1. The molecule has 0 aliphatic heterocycles. The molecule has 0 spiro atoms. The second-order valence-corrected chi connectivity index (χ2v) is 7.23. The van der Waals surface area contributed by atoms with E-state index in [9.17, 15) is 9.18 Å². The fourth-order valence-corrected chi connectivity index (χ4v) is 4.00. The zero-order chi connectivity index (χ0) is 16.9. The lowest BCUT2D eigenvalue weighted by Crippen LogP contribution is -2.44. The van der Waals surface area contributed by atoms with E-state index < -0.39 is 0 Å². The van der Waals surface area contributed by atoms with Gasteiger partial charge in [0, 0.05) is 17.8 Å². The fraction of sp³-hybridized carbons (Fsp3) is 0.444. The van der Waals surface area contributed by atoms with Gasteiger partial charge in [0.25, 0.3) is 5.91 Å². The molecule has 26 heavy (non-hydrogen) atoms. The molecule has 0 bridgehead atoms. The van der Waals surface area contributed by atoms with Gasteiger partial charge in [-0.1, -0.05) is 25.0 Å². The van der Waals surface area contributed by atoms with Crippen molar-refractivity contribution < 1.29 is 9.18 Å². The number of benzene rings is 1. The van der Waals surface area contributed by atoms with Gasteiger partial charge in [0.05, 0.1) is 5.01 Å². The highest BCUT2D eigenvalue weighted by molar-refractivity contribution is 7.09. The maximum atomic E-state index is 12.9. The molecule has 0 saturated heterocycles. The van der Waals surface area contributed by atoms with Crippen molar-refractivity contribution in [3.8, 4) is 0 Å². The average Bonchev–Trinajstić information content (AvgIpc) is 3.06. The average molecular weight is 420 g/mol. The Hall–Kier alpha value is -1.21. The molecule has 3 rings (SSSR count). The van der Waals surface area contributed by atoms with Gasteiger partial charge >= 0.3 is 0 Å². The van der Waals surface area contributed by atoms with Crippen molar-refractivity contribution in [2.45, 2.75) is 38.1 Å². The lowest BCUT2D eigenvalue weighted by atomic mass is 9.84. The van der Waals surface area contributed by atoms with Gasteiger partial charge in [0.1, 0.15) is 11.5 Å². The molecule has 3 N–H and O–H groups in total. The minimum absolute atomic E-state index is 0. The predicted molar refractivity (Wildman–Crippen MR) is 108 cm³/mol. The minimum Gasteiger partial charge on any atom is -0.348 e. The van der Waals surface area contributed by atoms with Crippen molar-refractivity contribution in [2.75, 3.05) is 6.54 Å². The number of hydrogen-bond acceptors (Lipinski definition) is 4. The minimum atomic E-state index is -0.250. The van der Waals surface area contributed by atoms with Crippen LogP contribution >= 0.6 is 36.2 Å². The van der Waals surface area contributed by atoms with Crippen LogP contribution in [-0.2, 0) is 6.42 Å². The first-order chi connectivity index (χ1) is 11.7. The van der Waals surface area contributed by atoms with Crippen LogP contribution in [0.3, 0.4) is 0 Å². The molecular formula is C18H24Cl2FN3OS. The van der Waals surface area contributed by atoms with Crippen molar-refractivity contribution in [2.24, 2.45) is 11.7 Å². The quantitative estimate of drug-likeness (QED) is 0.770. The molecule has 1 amide bonds. The zero-order valence-electron chi connectivity index (χ0n) is 14.3. The maximum Gasteiger partial charge on any atom is 0.270 e. The predicted octanol–water partition coefficient (Wildman–Crippen LogP) is 3.96. The summed E-state index contributed by atoms with van der Waals surface area (Å²) >= 11 is 1.46. The van der Waals surface area contributed by atoms with Gasteiger partial charge in [0.2, 0.25) is 0 Å². The first-order valence-corrected chi connectivity index (χ1v) is 9.23. The SMILES string of the molecule is Cl.Cl.NCC1CCCCC1NC(=O)c1csc(Cc2ccc(F)cc2)n1. The summed E-state index contributed by atoms with van der Waals surface area (Å²) in [6.07, 6.45) is 4.99. The highest BCUT2D eigenvalue weighted by atomic mass is 35.5. The third kappa shape index (κ3) is 5.91. The third-order valence-electron chi connectivity index (χ3n) is 4.58. The van der Waals surface area contributed by atoms with Gasteiger partial charge in [-0.2, -0.15) is 0 Å². The van der Waals surface area contributed by atoms with Crippen LogP contribution in [0, 0.1) is 11.7 Å². The Morgan fingerprint density at radius 2 is 1.92 bits per heavy atom. The van der Waals surface area contributed by atoms with Gasteiger partial charge in [-0.3, -0.25) is 4.79 Å². The van der Waals surface area contributed by atoms with E-state index in [0.717, 1.165) is 29.8 Å². The Labute approximate surface area is 169 Å². The number of aromatic nitrogens is 1. The van der Waals surface area contributed by atoms with E-state index in [4.69, 9.17) is 5.73 Å². The number of carbonyl (C=O) groups excluding carboxylic acids is 1. The zero-order valence-corrected chi connectivity index (χ0v) is 16.8. The molecule has 1 aliphatic carbocycles. The van der Waals surface area contributed by atoms with Crippen LogP contribution in [0.4, 0.5) is 4.39 Å². The van der Waals surface area contributed by atoms with Gasteiger partial charge in [-0.05, 0) is 43.0 Å². The van der Waals surface area contributed by atoms with Gasteiger partial charge in [0.15, 0.2) is 0 Å². The summed E-state index contributed by atoms with van der Waals surface area (Å²) in [6, 6.07) is 6.51. The van der Waals surface area contributed by atoms with Gasteiger partial charge in [-0.25, -0.2) is 9.37 Å². The Kier molecular flexibility index (Phi) is 9.50. The van der Waals surface area contributed by atoms with Crippen LogP contribution in [-0.4, -0.2) is 23.5 Å². The maximum absolute atomic E-state index is 12.9. The van der Waals surface area contributed by atoms with Crippen LogP contribution in [0.15, 0.2) is 29.6 Å². The Balaban J connectivity index is 0.00000169. The monoisotopic (exact) mass is 419 g/mol. The molecule has 2 unspecified atom stereocenters. The summed E-state index contributed by atoms with van der Waals surface area (Å²) in [5, 5.41) is 5.74. The van der Waals surface area contributed by atoms with E-state index in [0.29, 0.717) is 24.6 Å². The Morgan fingerprint density at radius 1 is 1.23 bits per heavy atom. The summed E-state index contributed by atoms with van der Waals surface area (Å²) in [4.78, 5) is 16.9. The molecule has 1 aromatic carbocycles. The molecule has 8 heteroatoms. The topological polar surface area (TPSA) is 68.0 Å². The Morgan fingerprint density at radius 3 is 2.62 bits per heavy atom. The van der Waals surface area contributed by atoms with Crippen LogP contribution in [0.1, 0.15) is 46.7 Å². The number of amides is 1. The standard InChI is InChI=1S/C18H22FN3OS.2ClH/c19-14-7-5-12(6-8-14)9-17-21-16(11-24-17)18(23)22-15-4-2-1-3-13(15)10-20;;/h5-8,11,13,15H,1-4,9-10,20H2,(H,22,23);2*1H. The van der Waals surface area contributed by atoms with Gasteiger partial charge in [-0.15, -0.1) is 36.2 Å². The third-order valence-corrected chi connectivity index (χ3v) is 5.43. The number of nitrogens with two attached hydrogens (primary N) is 1. The number of nitrogens with one attached hydrogen (secondary N) is 1. The molecule has 1 saturated carbocycles. The summed E-state index contributed by atoms with van der Waals surface area (Å²) in [6.45, 7) is 0.609. The smallest absolute Gasteiger partial charge is 0.270 e. The molecule has 1 aliphatic rings. The molecule has 2 aromatic rings. The number of thiazole rings is 1. The summed E-state index contributed by atoms with van der Waals surface area (Å²) in [5.41, 5.74) is 7.25. The first-order valence-electron chi connectivity index (χ1n) is 8.35. The molecule has 1 fully saturated rings. The molecule has 1 heterocycles. The van der Waals surface area contributed by atoms with Crippen molar-refractivity contribution in [1.82, 2.24) is 10.3 Å². The highest BCUT2D eigenvalue weighted by Gasteiger charge is 2.26. The van der Waals surface area contributed by atoms with Crippen molar-refractivity contribution in [3.63, 3.8) is 0 Å². The van der Waals surface area contributed by atoms with E-state index in [1.807, 2.05) is 0 Å². The summed E-state index contributed by atoms with van der Waals surface area (Å²) < 4.78 is 12.9. The second kappa shape index (κ2) is 10.8. The number of halogens is 3. The van der Waals surface area contributed by atoms with E-state index in [-0.39, 0.29) is 42.6 Å². The van der Waals surface area contributed by atoms with E-state index in [1.165, 1.54) is 29.9 Å². The van der Waals surface area contributed by atoms with E-state index in [1.54, 1.807) is 17.5 Å². The van der Waals surface area contributed by atoms with Crippen LogP contribution in [0.25, 0.3) is 0 Å². The number of rotatable bonds is 5. The van der Waals surface area contributed by atoms with Crippen molar-refractivity contribution >= 4 is 42.1 Å². The molecule has 144 valence electrons. The molecule has 2 atom stereocenters. The normalized spacial score (nSPS) is 19.2. The molecule has 1 aromatic heterocycles. The van der Waals surface area contributed by atoms with Gasteiger partial charge < -0.3 is 11.1 Å². The largest absolute Gasteiger partial charge is 0.348 e. The second-order valence-electron chi connectivity index (χ2n) is 6.29. The summed E-state index contributed by atoms with van der Waals surface area (Å²) in [5.74, 6) is -0.0122. The van der Waals surface area contributed by atoms with E-state index >= 15 is 0 Å². The molecule has 4 nitrogen and oxygen atoms in total. The van der Waals surface area contributed by atoms with Crippen molar-refractivity contribution in [1.29, 1.82) is 0 Å². The first kappa shape index (κ1) is 22.8. The van der Waals surface area contributed by atoms with Crippen LogP contribution < -0.4 is 11.1 Å². The van der Waals surface area contributed by atoms with Crippen molar-refractivity contribution in [3.05, 3.63) is 51.7 Å². The van der Waals surface area contributed by atoms with Crippen LogP contribution in [0.2, 0.25) is 0 Å². The molecular weight excluding hydrogens is 396 g/mol. The fourth-order valence-electron chi connectivity index (χ4n) is 3.20. The molecule has 0 radical (unpaired) electrons. The lowest BCUT2D eigenvalue weighted by Gasteiger charge is -2.31. The lowest BCUT2D eigenvalue weighted by molar-refractivity contribution is 0.0903. The highest BCUT2D eigenvalue weighted by Crippen LogP contribution is 2.24. The summed E-state index contributed by atoms with van der Waals surface area (Å²) in [7, 11) is 0. The van der Waals surface area contributed by atoms with Crippen LogP contribution in [0.5, 0.6) is 0 Å². The van der Waals surface area contributed by atoms with E-state index in [2.05, 4.69) is 10.3 Å². The number of carbonyl (C=O) groups is 1. The Bertz CT molecular complexity index is 696. The number of hydrogen-bond donors (Lipinski definition) is 2.